The molecule has 0 spiro atoms. The Bertz CT molecular complexity index is 1500. The van der Waals surface area contributed by atoms with Crippen molar-refractivity contribution in [3.05, 3.63) is 50.6 Å². The van der Waals surface area contributed by atoms with E-state index in [-0.39, 0.29) is 60.5 Å². The largest absolute Gasteiger partial charge is 0.444 e. The molecule has 0 aromatic rings. The molecular formula is C48H80N4O12. The van der Waals surface area contributed by atoms with Crippen molar-refractivity contribution in [2.45, 2.75) is 143 Å². The van der Waals surface area contributed by atoms with E-state index < -0.39 is 46.8 Å². The van der Waals surface area contributed by atoms with Crippen molar-refractivity contribution in [3.8, 4) is 0 Å². The number of β-amino-alcohol motifs (C(OH)–C–C–N with tert-alkyl or cyclic N) is 2. The summed E-state index contributed by atoms with van der Waals surface area (Å²) in [5, 5.41) is 19.5. The maximum absolute atomic E-state index is 11.7. The number of hydrogen-bond acceptors (Lipinski definition) is 12. The van der Waals surface area contributed by atoms with Gasteiger partial charge in [-0.3, -0.25) is 9.59 Å². The van der Waals surface area contributed by atoms with Gasteiger partial charge in [-0.25, -0.2) is 19.2 Å². The molecule has 4 aliphatic rings. The molecule has 0 aromatic heterocycles. The summed E-state index contributed by atoms with van der Waals surface area (Å²) in [4.78, 5) is 75.9. The fourth-order valence-electron chi connectivity index (χ4n) is 6.80. The van der Waals surface area contributed by atoms with Crippen molar-refractivity contribution in [3.63, 3.8) is 0 Å². The van der Waals surface area contributed by atoms with Crippen molar-refractivity contribution < 1.29 is 57.9 Å². The van der Waals surface area contributed by atoms with Gasteiger partial charge in [0.1, 0.15) is 22.4 Å². The summed E-state index contributed by atoms with van der Waals surface area (Å²) in [5.74, 6) is 0.140. The Balaban J connectivity index is 0.000000427. The molecule has 4 rings (SSSR count). The molecule has 0 bridgehead atoms. The fourth-order valence-corrected chi connectivity index (χ4v) is 6.80. The Morgan fingerprint density at radius 1 is 0.469 bits per heavy atom. The molecule has 2 N–H and O–H groups in total. The predicted molar refractivity (Wildman–Crippen MR) is 246 cm³/mol. The molecule has 16 heteroatoms. The Kier molecular flexibility index (Phi) is 22.5. The number of amides is 4. The number of nitrogens with zero attached hydrogens (tertiary/aromatic N) is 4. The van der Waals surface area contributed by atoms with Crippen LogP contribution in [0.15, 0.2) is 50.6 Å². The van der Waals surface area contributed by atoms with Crippen LogP contribution < -0.4 is 0 Å². The van der Waals surface area contributed by atoms with Crippen molar-refractivity contribution in [1.29, 1.82) is 0 Å². The number of allylic oxidation sites excluding steroid dienone is 4. The van der Waals surface area contributed by atoms with E-state index in [1.807, 2.05) is 83.1 Å². The van der Waals surface area contributed by atoms with Crippen LogP contribution in [-0.2, 0) is 28.5 Å². The first kappa shape index (κ1) is 57.3. The summed E-state index contributed by atoms with van der Waals surface area (Å²) in [7, 11) is 0. The van der Waals surface area contributed by atoms with Crippen LogP contribution in [0.4, 0.5) is 19.2 Å². The molecule has 4 heterocycles. The molecule has 16 nitrogen and oxygen atoms in total. The average Bonchev–Trinajstić information content (AvgIpc) is 3.90. The predicted octanol–water partition coefficient (Wildman–Crippen LogP) is 7.58. The first-order chi connectivity index (χ1) is 29.3. The van der Waals surface area contributed by atoms with Crippen LogP contribution in [0.2, 0.25) is 0 Å². The highest BCUT2D eigenvalue weighted by atomic mass is 16.6. The lowest BCUT2D eigenvalue weighted by atomic mass is 10.0. The van der Waals surface area contributed by atoms with Gasteiger partial charge in [-0.1, -0.05) is 24.3 Å². The zero-order valence-corrected chi connectivity index (χ0v) is 40.9. The van der Waals surface area contributed by atoms with Gasteiger partial charge < -0.3 is 48.8 Å². The van der Waals surface area contributed by atoms with Gasteiger partial charge in [0.05, 0.1) is 38.4 Å². The van der Waals surface area contributed by atoms with E-state index >= 15 is 0 Å². The summed E-state index contributed by atoms with van der Waals surface area (Å²) in [6, 6.07) is 0. The molecule has 4 fully saturated rings. The smallest absolute Gasteiger partial charge is 0.410 e. The van der Waals surface area contributed by atoms with Crippen LogP contribution in [-0.4, -0.2) is 153 Å². The topological polar surface area (TPSA) is 193 Å². The Morgan fingerprint density at radius 3 is 0.953 bits per heavy atom. The summed E-state index contributed by atoms with van der Waals surface area (Å²) < 4.78 is 20.9. The number of rotatable bonds is 8. The highest BCUT2D eigenvalue weighted by Crippen LogP contribution is 2.25. The minimum absolute atomic E-state index is 0.0880. The third-order valence-corrected chi connectivity index (χ3v) is 9.75. The van der Waals surface area contributed by atoms with Crippen molar-refractivity contribution >= 4 is 35.9 Å². The summed E-state index contributed by atoms with van der Waals surface area (Å²) >= 11 is 0. The van der Waals surface area contributed by atoms with Gasteiger partial charge in [0.25, 0.3) is 0 Å². The van der Waals surface area contributed by atoms with Gasteiger partial charge in [0.2, 0.25) is 0 Å². The van der Waals surface area contributed by atoms with Crippen molar-refractivity contribution in [2.24, 2.45) is 23.7 Å². The number of likely N-dealkylation sites (tertiary alicyclic amines) is 4. The third kappa shape index (κ3) is 21.8. The molecule has 0 aliphatic carbocycles. The molecule has 4 amide bonds. The SMILES string of the molecule is C=CCC1CN(C(=O)OC(C)(C)C)CC1=O.C=CC[C@@H]1CN(C(=O)OC(C)(C)C)C[C@@H]1O.C=CC[C@H]1CN(C(=O)OC(C)(C)C)CC1=O.C=CC[C@H]1CN(C(=O)OC(C)(C)C)C[C@@H]1O. The standard InChI is InChI=1S/2C12H21NO3.2C12H19NO3/c4*1-5-6-9-7-13(8-10(9)14)11(15)16-12(2,3)4/h2*5,9-10,14H,1,6-8H2,2-4H3;2*5,9H,1,6-8H2,2-4H3/t9-,10+;9-,10-;9-;/m100./s1. The highest BCUT2D eigenvalue weighted by Gasteiger charge is 2.38. The van der Waals surface area contributed by atoms with E-state index in [0.717, 1.165) is 12.8 Å². The van der Waals surface area contributed by atoms with Gasteiger partial charge >= 0.3 is 24.4 Å². The molecule has 364 valence electrons. The fraction of sp³-hybridized carbons (Fsp3) is 0.708. The lowest BCUT2D eigenvalue weighted by Gasteiger charge is -2.24. The minimum atomic E-state index is -0.517. The molecule has 6 atom stereocenters. The minimum Gasteiger partial charge on any atom is -0.444 e. The zero-order valence-electron chi connectivity index (χ0n) is 40.9. The van der Waals surface area contributed by atoms with Gasteiger partial charge in [-0.05, 0) is 109 Å². The van der Waals surface area contributed by atoms with Crippen molar-refractivity contribution in [1.82, 2.24) is 19.6 Å². The van der Waals surface area contributed by atoms with Crippen LogP contribution in [0.3, 0.4) is 0 Å². The number of carbonyl (C=O) groups is 6. The van der Waals surface area contributed by atoms with Crippen LogP contribution in [0.1, 0.15) is 109 Å². The lowest BCUT2D eigenvalue weighted by Crippen LogP contribution is -2.35. The summed E-state index contributed by atoms with van der Waals surface area (Å²) in [6.07, 6.45) is 7.20. The molecule has 0 radical (unpaired) electrons. The number of ether oxygens (including phenoxy) is 4. The van der Waals surface area contributed by atoms with E-state index in [1.54, 1.807) is 34.1 Å². The number of aliphatic hydroxyl groups excluding tert-OH is 2. The van der Waals surface area contributed by atoms with Crippen LogP contribution in [0, 0.1) is 23.7 Å². The lowest BCUT2D eigenvalue weighted by molar-refractivity contribution is -0.120. The second kappa shape index (κ2) is 25.1. The molecular weight excluding hydrogens is 825 g/mol. The Labute approximate surface area is 382 Å². The quantitative estimate of drug-likeness (QED) is 0.180. The monoisotopic (exact) mass is 905 g/mol. The van der Waals surface area contributed by atoms with E-state index in [0.29, 0.717) is 52.1 Å². The van der Waals surface area contributed by atoms with Gasteiger partial charge in [-0.2, -0.15) is 0 Å². The van der Waals surface area contributed by atoms with E-state index in [4.69, 9.17) is 18.9 Å². The molecule has 4 saturated heterocycles. The maximum Gasteiger partial charge on any atom is 0.410 e. The normalized spacial score (nSPS) is 23.3. The first-order valence-corrected chi connectivity index (χ1v) is 22.1. The van der Waals surface area contributed by atoms with E-state index in [1.165, 1.54) is 9.80 Å². The van der Waals surface area contributed by atoms with E-state index in [2.05, 4.69) is 26.3 Å². The number of ketones is 2. The third-order valence-electron chi connectivity index (χ3n) is 9.75. The van der Waals surface area contributed by atoms with Crippen LogP contribution in [0.25, 0.3) is 0 Å². The van der Waals surface area contributed by atoms with Crippen LogP contribution >= 0.6 is 0 Å². The zero-order chi connectivity index (χ0) is 49.4. The Morgan fingerprint density at radius 2 is 0.719 bits per heavy atom. The van der Waals surface area contributed by atoms with Crippen LogP contribution in [0.5, 0.6) is 0 Å². The number of carbonyl (C=O) groups excluding carboxylic acids is 6. The number of Topliss-reactive ketones (excluding diaryl/α,β-unsaturated/α-hetero) is 2. The molecule has 64 heavy (non-hydrogen) atoms. The summed E-state index contributed by atoms with van der Waals surface area (Å²) in [5.41, 5.74) is -2.01. The maximum atomic E-state index is 11.7. The first-order valence-electron chi connectivity index (χ1n) is 22.1. The average molecular weight is 905 g/mol. The summed E-state index contributed by atoms with van der Waals surface area (Å²) in [6.45, 7) is 39.3. The van der Waals surface area contributed by atoms with E-state index in [9.17, 15) is 39.0 Å². The number of hydrogen-bond donors (Lipinski definition) is 2. The number of aliphatic hydroxyl groups is 2. The highest BCUT2D eigenvalue weighted by molar-refractivity contribution is 5.90. The van der Waals surface area contributed by atoms with Crippen molar-refractivity contribution in [2.75, 3.05) is 52.4 Å². The Hall–Kier alpha value is -4.70. The molecule has 4 aliphatic heterocycles. The second-order valence-corrected chi connectivity index (χ2v) is 20.6. The van der Waals surface area contributed by atoms with Gasteiger partial charge in [0, 0.05) is 49.9 Å². The van der Waals surface area contributed by atoms with Gasteiger partial charge in [-0.15, -0.1) is 26.3 Å². The molecule has 0 saturated carbocycles. The molecule has 1 unspecified atom stereocenters. The molecule has 0 aromatic carbocycles. The van der Waals surface area contributed by atoms with Gasteiger partial charge in [0.15, 0.2) is 11.6 Å². The second-order valence-electron chi connectivity index (χ2n) is 20.6.